The lowest BCUT2D eigenvalue weighted by Gasteiger charge is -2.36. The number of nitrogens with one attached hydrogen (secondary N) is 1. The summed E-state index contributed by atoms with van der Waals surface area (Å²) in [6, 6.07) is 1.80. The molecule has 3 rings (SSSR count). The third kappa shape index (κ3) is 4.30. The molecule has 0 aliphatic carbocycles. The van der Waals surface area contributed by atoms with E-state index in [4.69, 9.17) is 0 Å². The van der Waals surface area contributed by atoms with E-state index in [-0.39, 0.29) is 25.3 Å². The Hall–Kier alpha value is -2.64. The molecule has 1 aliphatic heterocycles. The molecule has 2 aromatic heterocycles. The molecule has 7 nitrogen and oxygen atoms in total. The summed E-state index contributed by atoms with van der Waals surface area (Å²) < 4.78 is 15.1. The van der Waals surface area contributed by atoms with Gasteiger partial charge in [-0.3, -0.25) is 9.78 Å². The van der Waals surface area contributed by atoms with E-state index in [2.05, 4.69) is 25.3 Å². The van der Waals surface area contributed by atoms with Gasteiger partial charge in [-0.05, 0) is 20.8 Å². The minimum Gasteiger partial charge on any atom is -0.367 e. The summed E-state index contributed by atoms with van der Waals surface area (Å²) >= 11 is 0. The summed E-state index contributed by atoms with van der Waals surface area (Å²) in [5.41, 5.74) is 0.520. The number of amides is 1. The Balaban J connectivity index is 1.56. The van der Waals surface area contributed by atoms with Gasteiger partial charge in [-0.1, -0.05) is 0 Å². The largest absolute Gasteiger partial charge is 0.367 e. The number of carbonyl (C=O) groups excluding carboxylic acids is 1. The van der Waals surface area contributed by atoms with Gasteiger partial charge in [0.2, 0.25) is 0 Å². The predicted octanol–water partition coefficient (Wildman–Crippen LogP) is 2.25. The topological polar surface area (TPSA) is 83.9 Å². The fourth-order valence-electron chi connectivity index (χ4n) is 3.01. The summed E-state index contributed by atoms with van der Waals surface area (Å²) in [5, 5.41) is 3.07. The molecule has 0 unspecified atom stereocenters. The average molecular weight is 358 g/mol. The van der Waals surface area contributed by atoms with Crippen molar-refractivity contribution in [3.63, 3.8) is 0 Å². The van der Waals surface area contributed by atoms with E-state index in [9.17, 15) is 4.79 Å². The molecule has 138 valence electrons. The molecular formula is C18H23FN6O. The second-order valence-corrected chi connectivity index (χ2v) is 6.78. The van der Waals surface area contributed by atoms with Crippen molar-refractivity contribution in [2.45, 2.75) is 39.3 Å². The number of alkyl halides is 1. The molecule has 0 spiro atoms. The van der Waals surface area contributed by atoms with E-state index in [0.29, 0.717) is 30.4 Å². The number of hydrogen-bond donors (Lipinski definition) is 1. The SMILES string of the molecule is Cc1cnc(C(=O)N2CCC(F)(CNc3cc(C)nc(C)n3)CC2)cn1. The van der Waals surface area contributed by atoms with Crippen molar-refractivity contribution >= 4 is 11.7 Å². The molecule has 3 heterocycles. The summed E-state index contributed by atoms with van der Waals surface area (Å²) in [7, 11) is 0. The summed E-state index contributed by atoms with van der Waals surface area (Å²) in [6.45, 7) is 6.37. The van der Waals surface area contributed by atoms with Crippen molar-refractivity contribution < 1.29 is 9.18 Å². The van der Waals surface area contributed by atoms with Crippen LogP contribution in [0, 0.1) is 20.8 Å². The van der Waals surface area contributed by atoms with Crippen molar-refractivity contribution in [2.24, 2.45) is 0 Å². The molecule has 1 N–H and O–H groups in total. The third-order valence-electron chi connectivity index (χ3n) is 4.50. The lowest BCUT2D eigenvalue weighted by atomic mass is 9.93. The minimum atomic E-state index is -1.37. The van der Waals surface area contributed by atoms with Crippen LogP contribution < -0.4 is 5.32 Å². The molecule has 0 radical (unpaired) electrons. The van der Waals surface area contributed by atoms with Crippen LogP contribution in [-0.2, 0) is 0 Å². The van der Waals surface area contributed by atoms with Crippen LogP contribution in [0.4, 0.5) is 10.2 Å². The number of rotatable bonds is 4. The first kappa shape index (κ1) is 18.2. The Morgan fingerprint density at radius 3 is 2.50 bits per heavy atom. The Kier molecular flexibility index (Phi) is 5.11. The van der Waals surface area contributed by atoms with E-state index in [1.165, 1.54) is 6.20 Å². The number of halogens is 1. The fraction of sp³-hybridized carbons (Fsp3) is 0.500. The normalized spacial score (nSPS) is 16.4. The molecule has 0 atom stereocenters. The van der Waals surface area contributed by atoms with Crippen LogP contribution in [0.1, 0.15) is 40.5 Å². The molecule has 0 aromatic carbocycles. The zero-order valence-corrected chi connectivity index (χ0v) is 15.3. The number of aryl methyl sites for hydroxylation is 3. The maximum atomic E-state index is 15.1. The summed E-state index contributed by atoms with van der Waals surface area (Å²) in [5.74, 6) is 1.08. The Bertz CT molecular complexity index is 767. The van der Waals surface area contributed by atoms with Gasteiger partial charge in [-0.15, -0.1) is 0 Å². The highest BCUT2D eigenvalue weighted by molar-refractivity contribution is 5.92. The van der Waals surface area contributed by atoms with Crippen molar-refractivity contribution in [1.29, 1.82) is 0 Å². The van der Waals surface area contributed by atoms with Crippen LogP contribution in [0.15, 0.2) is 18.5 Å². The highest BCUT2D eigenvalue weighted by Gasteiger charge is 2.36. The van der Waals surface area contributed by atoms with Gasteiger partial charge in [0.05, 0.1) is 18.4 Å². The van der Waals surface area contributed by atoms with Crippen LogP contribution >= 0.6 is 0 Å². The zero-order valence-electron chi connectivity index (χ0n) is 15.3. The first-order chi connectivity index (χ1) is 12.3. The number of nitrogens with zero attached hydrogens (tertiary/aromatic N) is 5. The van der Waals surface area contributed by atoms with Gasteiger partial charge < -0.3 is 10.2 Å². The molecule has 2 aromatic rings. The molecule has 0 bridgehead atoms. The average Bonchev–Trinajstić information content (AvgIpc) is 2.60. The molecular weight excluding hydrogens is 335 g/mol. The Morgan fingerprint density at radius 1 is 1.15 bits per heavy atom. The number of piperidine rings is 1. The highest BCUT2D eigenvalue weighted by atomic mass is 19.1. The summed E-state index contributed by atoms with van der Waals surface area (Å²) in [4.78, 5) is 30.8. The zero-order chi connectivity index (χ0) is 18.7. The van der Waals surface area contributed by atoms with Crippen molar-refractivity contribution in [2.75, 3.05) is 25.0 Å². The van der Waals surface area contributed by atoms with Crippen molar-refractivity contribution in [3.05, 3.63) is 41.4 Å². The number of carbonyl (C=O) groups is 1. The second-order valence-electron chi connectivity index (χ2n) is 6.78. The molecule has 1 aliphatic rings. The lowest BCUT2D eigenvalue weighted by molar-refractivity contribution is 0.0478. The third-order valence-corrected chi connectivity index (χ3v) is 4.50. The number of aromatic nitrogens is 4. The molecule has 1 saturated heterocycles. The van der Waals surface area contributed by atoms with Crippen molar-refractivity contribution in [3.8, 4) is 0 Å². The molecule has 1 amide bonds. The number of likely N-dealkylation sites (tertiary alicyclic amines) is 1. The monoisotopic (exact) mass is 358 g/mol. The van der Waals surface area contributed by atoms with Crippen LogP contribution in [0.25, 0.3) is 0 Å². The Morgan fingerprint density at radius 2 is 1.88 bits per heavy atom. The van der Waals surface area contributed by atoms with E-state index >= 15 is 4.39 Å². The van der Waals surface area contributed by atoms with Gasteiger partial charge in [0.25, 0.3) is 5.91 Å². The first-order valence-corrected chi connectivity index (χ1v) is 8.68. The van der Waals surface area contributed by atoms with E-state index < -0.39 is 5.67 Å². The molecule has 8 heteroatoms. The minimum absolute atomic E-state index is 0.162. The van der Waals surface area contributed by atoms with Gasteiger partial charge in [-0.2, -0.15) is 0 Å². The van der Waals surface area contributed by atoms with Crippen molar-refractivity contribution in [1.82, 2.24) is 24.8 Å². The quantitative estimate of drug-likeness (QED) is 0.902. The fourth-order valence-corrected chi connectivity index (χ4v) is 3.01. The van der Waals surface area contributed by atoms with Crippen LogP contribution in [0.3, 0.4) is 0 Å². The maximum absolute atomic E-state index is 15.1. The highest BCUT2D eigenvalue weighted by Crippen LogP contribution is 2.27. The second kappa shape index (κ2) is 7.31. The smallest absolute Gasteiger partial charge is 0.274 e. The molecule has 26 heavy (non-hydrogen) atoms. The van der Waals surface area contributed by atoms with Gasteiger partial charge in [0, 0.05) is 43.9 Å². The van der Waals surface area contributed by atoms with Gasteiger partial charge in [0.15, 0.2) is 0 Å². The maximum Gasteiger partial charge on any atom is 0.274 e. The number of anilines is 1. The van der Waals surface area contributed by atoms with E-state index in [0.717, 1.165) is 11.4 Å². The number of hydrogen-bond acceptors (Lipinski definition) is 6. The first-order valence-electron chi connectivity index (χ1n) is 8.68. The lowest BCUT2D eigenvalue weighted by Crippen LogP contribution is -2.47. The van der Waals surface area contributed by atoms with E-state index in [1.54, 1.807) is 17.2 Å². The van der Waals surface area contributed by atoms with Crippen LogP contribution in [-0.4, -0.2) is 56.0 Å². The summed E-state index contributed by atoms with van der Waals surface area (Å²) in [6.07, 6.45) is 3.57. The molecule has 1 fully saturated rings. The standard InChI is InChI=1S/C18H23FN6O/c1-12-8-16(24-14(3)23-12)22-11-18(19)4-6-25(7-5-18)17(26)15-10-20-13(2)9-21-15/h8-10H,4-7,11H2,1-3H3,(H,22,23,24). The van der Waals surface area contributed by atoms with Crippen LogP contribution in [0.5, 0.6) is 0 Å². The van der Waals surface area contributed by atoms with Gasteiger partial charge in [0.1, 0.15) is 23.0 Å². The predicted molar refractivity (Wildman–Crippen MR) is 95.7 cm³/mol. The Labute approximate surface area is 152 Å². The van der Waals surface area contributed by atoms with E-state index in [1.807, 2.05) is 20.8 Å². The van der Waals surface area contributed by atoms with Gasteiger partial charge in [-0.25, -0.2) is 19.3 Å². The van der Waals surface area contributed by atoms with Gasteiger partial charge >= 0.3 is 0 Å². The van der Waals surface area contributed by atoms with Crippen LogP contribution in [0.2, 0.25) is 0 Å². The molecule has 0 saturated carbocycles.